The van der Waals surface area contributed by atoms with Crippen molar-refractivity contribution in [1.82, 2.24) is 20.0 Å². The van der Waals surface area contributed by atoms with Crippen LogP contribution >= 0.6 is 0 Å². The first-order chi connectivity index (χ1) is 13.0. The Kier molecular flexibility index (Phi) is 5.98. The lowest BCUT2D eigenvalue weighted by molar-refractivity contribution is -0.135. The summed E-state index contributed by atoms with van der Waals surface area (Å²) in [5.41, 5.74) is 1.80. The molecule has 2 aliphatic rings. The molecule has 1 aromatic rings. The van der Waals surface area contributed by atoms with E-state index >= 15 is 0 Å². The number of nitrogens with zero attached hydrogens (tertiary/aromatic N) is 4. The van der Waals surface area contributed by atoms with E-state index in [1.807, 2.05) is 34.1 Å². The number of carbonyl (C=O) groups excluding carboxylic acids is 2. The van der Waals surface area contributed by atoms with Gasteiger partial charge in [-0.05, 0) is 37.0 Å². The van der Waals surface area contributed by atoms with E-state index in [-0.39, 0.29) is 11.8 Å². The average molecular weight is 371 g/mol. The van der Waals surface area contributed by atoms with Gasteiger partial charge in [0.1, 0.15) is 0 Å². The van der Waals surface area contributed by atoms with Crippen molar-refractivity contribution in [3.05, 3.63) is 35.4 Å². The van der Waals surface area contributed by atoms with Gasteiger partial charge < -0.3 is 20.0 Å². The molecule has 0 unspecified atom stereocenters. The molecular weight excluding hydrogens is 342 g/mol. The average Bonchev–Trinajstić information content (AvgIpc) is 3.49. The molecule has 2 fully saturated rings. The number of carbonyl (C=O) groups is 2. The second-order valence-electron chi connectivity index (χ2n) is 7.36. The maximum atomic E-state index is 12.3. The van der Waals surface area contributed by atoms with Crippen molar-refractivity contribution in [2.45, 2.75) is 25.3 Å². The van der Waals surface area contributed by atoms with Gasteiger partial charge in [0.25, 0.3) is 5.91 Å². The molecule has 2 amide bonds. The van der Waals surface area contributed by atoms with Gasteiger partial charge in [-0.15, -0.1) is 0 Å². The largest absolute Gasteiger partial charge is 0.356 e. The summed E-state index contributed by atoms with van der Waals surface area (Å²) < 4.78 is 0. The highest BCUT2D eigenvalue weighted by Gasteiger charge is 2.36. The van der Waals surface area contributed by atoms with Gasteiger partial charge in [0.15, 0.2) is 5.96 Å². The summed E-state index contributed by atoms with van der Waals surface area (Å²) in [5.74, 6) is 0.966. The third-order valence-corrected chi connectivity index (χ3v) is 5.03. The molecule has 3 rings (SSSR count). The Morgan fingerprint density at radius 3 is 2.70 bits per heavy atom. The van der Waals surface area contributed by atoms with Gasteiger partial charge in [-0.1, -0.05) is 12.1 Å². The van der Waals surface area contributed by atoms with Gasteiger partial charge >= 0.3 is 0 Å². The molecule has 1 aliphatic carbocycles. The highest BCUT2D eigenvalue weighted by molar-refractivity contribution is 5.94. The predicted octanol–water partition coefficient (Wildman–Crippen LogP) is 0.813. The zero-order chi connectivity index (χ0) is 19.4. The number of aliphatic imine (C=N–C) groups is 1. The quantitative estimate of drug-likeness (QED) is 0.614. The van der Waals surface area contributed by atoms with Crippen LogP contribution in [-0.4, -0.2) is 85.8 Å². The minimum absolute atomic E-state index is 0.00710. The molecule has 1 aliphatic heterocycles. The van der Waals surface area contributed by atoms with Crippen LogP contribution < -0.4 is 5.32 Å². The van der Waals surface area contributed by atoms with Crippen LogP contribution in [0, 0.1) is 0 Å². The van der Waals surface area contributed by atoms with Crippen molar-refractivity contribution in [3.8, 4) is 0 Å². The number of hydrogen-bond acceptors (Lipinski definition) is 3. The molecule has 7 nitrogen and oxygen atoms in total. The van der Waals surface area contributed by atoms with Gasteiger partial charge in [-0.25, -0.2) is 0 Å². The number of piperazine rings is 1. The van der Waals surface area contributed by atoms with Crippen LogP contribution in [-0.2, 0) is 11.2 Å². The summed E-state index contributed by atoms with van der Waals surface area (Å²) in [6, 6.07) is 8.19. The number of nitrogens with one attached hydrogen (secondary N) is 1. The lowest BCUT2D eigenvalue weighted by Crippen LogP contribution is -2.55. The molecule has 1 N–H and O–H groups in total. The van der Waals surface area contributed by atoms with Crippen LogP contribution in [0.25, 0.3) is 0 Å². The third kappa shape index (κ3) is 4.78. The molecule has 1 heterocycles. The van der Waals surface area contributed by atoms with E-state index in [0.29, 0.717) is 24.7 Å². The Morgan fingerprint density at radius 2 is 2.07 bits per heavy atom. The van der Waals surface area contributed by atoms with Crippen molar-refractivity contribution >= 4 is 17.8 Å². The summed E-state index contributed by atoms with van der Waals surface area (Å²) in [6.07, 6.45) is 3.08. The lowest BCUT2D eigenvalue weighted by atomic mass is 10.1. The molecule has 0 spiro atoms. The van der Waals surface area contributed by atoms with Crippen molar-refractivity contribution in [3.63, 3.8) is 0 Å². The molecule has 1 saturated carbocycles. The van der Waals surface area contributed by atoms with Crippen LogP contribution in [0.2, 0.25) is 0 Å². The standard InChI is InChI=1S/C20H29N5O2/c1-21-20(24-11-12-25(17-7-8-17)18(26)14-24)22-10-9-15-5-4-6-16(13-15)19(27)23(2)3/h4-6,13,17H,7-12,14H2,1-3H3,(H,21,22). The van der Waals surface area contributed by atoms with Crippen LogP contribution in [0.3, 0.4) is 0 Å². The summed E-state index contributed by atoms with van der Waals surface area (Å²) in [7, 11) is 5.26. The number of benzene rings is 1. The van der Waals surface area contributed by atoms with E-state index in [4.69, 9.17) is 0 Å². The van der Waals surface area contributed by atoms with E-state index < -0.39 is 0 Å². The summed E-state index contributed by atoms with van der Waals surface area (Å²) in [6.45, 7) is 2.68. The fraction of sp³-hybridized carbons (Fsp3) is 0.550. The maximum Gasteiger partial charge on any atom is 0.253 e. The third-order valence-electron chi connectivity index (χ3n) is 5.03. The second kappa shape index (κ2) is 8.41. The van der Waals surface area contributed by atoms with Crippen molar-refractivity contribution < 1.29 is 9.59 Å². The van der Waals surface area contributed by atoms with Crippen LogP contribution in [0.15, 0.2) is 29.3 Å². The van der Waals surface area contributed by atoms with E-state index in [9.17, 15) is 9.59 Å². The summed E-state index contributed by atoms with van der Waals surface area (Å²) in [4.78, 5) is 34.4. The van der Waals surface area contributed by atoms with Crippen molar-refractivity contribution in [2.75, 3.05) is 47.3 Å². The number of guanidine groups is 1. The molecule has 27 heavy (non-hydrogen) atoms. The van der Waals surface area contributed by atoms with Crippen molar-refractivity contribution in [1.29, 1.82) is 0 Å². The fourth-order valence-electron chi connectivity index (χ4n) is 3.41. The molecule has 1 saturated heterocycles. The molecule has 0 bridgehead atoms. The minimum atomic E-state index is 0.00710. The van der Waals surface area contributed by atoms with E-state index in [1.54, 1.807) is 26.0 Å². The van der Waals surface area contributed by atoms with E-state index in [2.05, 4.69) is 10.3 Å². The smallest absolute Gasteiger partial charge is 0.253 e. The van der Waals surface area contributed by atoms with E-state index in [1.165, 1.54) is 0 Å². The first-order valence-electron chi connectivity index (χ1n) is 9.55. The topological polar surface area (TPSA) is 68.2 Å². The SMILES string of the molecule is CN=C(NCCc1cccc(C(=O)N(C)C)c1)N1CCN(C2CC2)C(=O)C1. The number of amides is 2. The van der Waals surface area contributed by atoms with Crippen LogP contribution in [0.1, 0.15) is 28.8 Å². The molecule has 0 aromatic heterocycles. The molecule has 0 atom stereocenters. The highest BCUT2D eigenvalue weighted by atomic mass is 16.2. The Labute approximate surface area is 161 Å². The van der Waals surface area contributed by atoms with Gasteiger partial charge in [-0.2, -0.15) is 0 Å². The maximum absolute atomic E-state index is 12.3. The second-order valence-corrected chi connectivity index (χ2v) is 7.36. The first kappa shape index (κ1) is 19.2. The Hall–Kier alpha value is -2.57. The van der Waals surface area contributed by atoms with Gasteiger partial charge in [0.05, 0.1) is 6.54 Å². The predicted molar refractivity (Wildman–Crippen MR) is 106 cm³/mol. The molecular formula is C20H29N5O2. The van der Waals surface area contributed by atoms with Crippen LogP contribution in [0.5, 0.6) is 0 Å². The Bertz CT molecular complexity index is 727. The zero-order valence-corrected chi connectivity index (χ0v) is 16.4. The lowest BCUT2D eigenvalue weighted by Gasteiger charge is -2.36. The number of hydrogen-bond donors (Lipinski definition) is 1. The normalized spacial score (nSPS) is 17.9. The Morgan fingerprint density at radius 1 is 1.30 bits per heavy atom. The summed E-state index contributed by atoms with van der Waals surface area (Å²) in [5, 5.41) is 3.35. The highest BCUT2D eigenvalue weighted by Crippen LogP contribution is 2.28. The van der Waals surface area contributed by atoms with Crippen molar-refractivity contribution in [2.24, 2.45) is 4.99 Å². The monoisotopic (exact) mass is 371 g/mol. The minimum Gasteiger partial charge on any atom is -0.356 e. The molecule has 0 radical (unpaired) electrons. The first-order valence-corrected chi connectivity index (χ1v) is 9.55. The van der Waals surface area contributed by atoms with E-state index in [0.717, 1.165) is 43.9 Å². The van der Waals surface area contributed by atoms with Gasteiger partial charge in [-0.3, -0.25) is 14.6 Å². The van der Waals surface area contributed by atoms with Gasteiger partial charge in [0.2, 0.25) is 5.91 Å². The van der Waals surface area contributed by atoms with Gasteiger partial charge in [0, 0.05) is 52.4 Å². The zero-order valence-electron chi connectivity index (χ0n) is 16.4. The Balaban J connectivity index is 1.51. The number of rotatable bonds is 5. The fourth-order valence-corrected chi connectivity index (χ4v) is 3.41. The molecule has 1 aromatic carbocycles. The summed E-state index contributed by atoms with van der Waals surface area (Å²) >= 11 is 0. The molecule has 146 valence electrons. The van der Waals surface area contributed by atoms with Crippen LogP contribution in [0.4, 0.5) is 0 Å². The molecule has 7 heteroatoms.